The van der Waals surface area contributed by atoms with E-state index < -0.39 is 0 Å². The van der Waals surface area contributed by atoms with Gasteiger partial charge in [0.15, 0.2) is 0 Å². The number of hydrogen-bond donors (Lipinski definition) is 1. The number of hydrogen-bond acceptors (Lipinski definition) is 2. The monoisotopic (exact) mass is 368 g/mol. The smallest absolute Gasteiger partial charge is 0.251 e. The molecule has 0 saturated heterocycles. The molecule has 1 heterocycles. The summed E-state index contributed by atoms with van der Waals surface area (Å²) in [6.07, 6.45) is 5.20. The molecule has 0 bridgehead atoms. The van der Waals surface area contributed by atoms with Gasteiger partial charge in [-0.05, 0) is 41.5 Å². The molecule has 0 aliphatic heterocycles. The number of aromatic nitrogens is 1. The summed E-state index contributed by atoms with van der Waals surface area (Å²) >= 11 is 2.38. The molecule has 19 heavy (non-hydrogen) atoms. The van der Waals surface area contributed by atoms with Crippen LogP contribution in [0.3, 0.4) is 0 Å². The Hall–Kier alpha value is -1.17. The van der Waals surface area contributed by atoms with Crippen molar-refractivity contribution < 1.29 is 4.79 Å². The number of pyridine rings is 1. The van der Waals surface area contributed by atoms with Gasteiger partial charge >= 0.3 is 0 Å². The van der Waals surface area contributed by atoms with Gasteiger partial charge in [0.1, 0.15) is 0 Å². The van der Waals surface area contributed by atoms with E-state index in [2.05, 4.69) is 32.9 Å². The molecule has 2 aromatic rings. The average Bonchev–Trinajstić information content (AvgIpc) is 2.46. The Morgan fingerprint density at radius 2 is 2.11 bits per heavy atom. The number of nitrogens with one attached hydrogen (secondary N) is 1. The maximum atomic E-state index is 12.0. The highest BCUT2D eigenvalue weighted by atomic mass is 127. The van der Waals surface area contributed by atoms with Crippen molar-refractivity contribution in [2.45, 2.75) is 19.3 Å². The van der Waals surface area contributed by atoms with Gasteiger partial charge in [0.2, 0.25) is 0 Å². The summed E-state index contributed by atoms with van der Waals surface area (Å²) in [5, 5.41) is 3.96. The lowest BCUT2D eigenvalue weighted by Gasteiger charge is -2.05. The molecular weight excluding hydrogens is 351 g/mol. The van der Waals surface area contributed by atoms with Crippen LogP contribution in [0.4, 0.5) is 0 Å². The fraction of sp³-hybridized carbons (Fsp3) is 0.333. The number of benzene rings is 1. The number of nitrogens with zero attached hydrogens (tertiary/aromatic N) is 1. The molecular formula is C15H17IN2O. The zero-order chi connectivity index (χ0) is 13.5. The van der Waals surface area contributed by atoms with Crippen LogP contribution in [0.15, 0.2) is 36.5 Å². The first kappa shape index (κ1) is 14.2. The van der Waals surface area contributed by atoms with E-state index in [1.165, 1.54) is 17.3 Å². The van der Waals surface area contributed by atoms with Crippen LogP contribution in [0.5, 0.6) is 0 Å². The van der Waals surface area contributed by atoms with Crippen molar-refractivity contribution in [3.05, 3.63) is 42.1 Å². The minimum Gasteiger partial charge on any atom is -0.352 e. The standard InChI is InChI=1S/C15H17IN2O/c16-8-2-1-3-9-18-15(19)13-6-7-14-12(11-13)5-4-10-17-14/h4-7,10-11H,1-3,8-9H2,(H,18,19). The van der Waals surface area contributed by atoms with E-state index in [4.69, 9.17) is 0 Å². The van der Waals surface area contributed by atoms with Crippen LogP contribution < -0.4 is 5.32 Å². The summed E-state index contributed by atoms with van der Waals surface area (Å²) in [5.74, 6) is 0.000210. The van der Waals surface area contributed by atoms with E-state index in [1.807, 2.05) is 30.3 Å². The Bertz CT molecular complexity index is 557. The molecule has 0 aliphatic carbocycles. The number of carbonyl (C=O) groups excluding carboxylic acids is 1. The molecule has 0 aliphatic rings. The van der Waals surface area contributed by atoms with Crippen LogP contribution >= 0.6 is 22.6 Å². The van der Waals surface area contributed by atoms with Crippen molar-refractivity contribution >= 4 is 39.4 Å². The third-order valence-corrected chi connectivity index (χ3v) is 3.72. The van der Waals surface area contributed by atoms with Crippen molar-refractivity contribution in [1.82, 2.24) is 10.3 Å². The van der Waals surface area contributed by atoms with Gasteiger partial charge in [0.25, 0.3) is 5.91 Å². The highest BCUT2D eigenvalue weighted by molar-refractivity contribution is 14.1. The Morgan fingerprint density at radius 1 is 1.21 bits per heavy atom. The number of alkyl halides is 1. The van der Waals surface area contributed by atoms with Gasteiger partial charge in [-0.2, -0.15) is 0 Å². The fourth-order valence-electron chi connectivity index (χ4n) is 1.92. The summed E-state index contributed by atoms with van der Waals surface area (Å²) in [5.41, 5.74) is 1.62. The predicted molar refractivity (Wildman–Crippen MR) is 86.8 cm³/mol. The summed E-state index contributed by atoms with van der Waals surface area (Å²) in [7, 11) is 0. The van der Waals surface area contributed by atoms with Gasteiger partial charge in [-0.25, -0.2) is 0 Å². The predicted octanol–water partition coefficient (Wildman–Crippen LogP) is 3.57. The van der Waals surface area contributed by atoms with Crippen LogP contribution in [0.2, 0.25) is 0 Å². The summed E-state index contributed by atoms with van der Waals surface area (Å²) in [6.45, 7) is 0.751. The number of unbranched alkanes of at least 4 members (excludes halogenated alkanes) is 2. The largest absolute Gasteiger partial charge is 0.352 e. The number of fused-ring (bicyclic) bond motifs is 1. The summed E-state index contributed by atoms with van der Waals surface area (Å²) in [6, 6.07) is 9.46. The highest BCUT2D eigenvalue weighted by Gasteiger charge is 2.05. The van der Waals surface area contributed by atoms with Gasteiger partial charge < -0.3 is 5.32 Å². The second-order valence-electron chi connectivity index (χ2n) is 4.42. The van der Waals surface area contributed by atoms with Crippen LogP contribution in [0.25, 0.3) is 10.9 Å². The van der Waals surface area contributed by atoms with Crippen LogP contribution in [0.1, 0.15) is 29.6 Å². The van der Waals surface area contributed by atoms with E-state index in [-0.39, 0.29) is 5.91 Å². The molecule has 4 heteroatoms. The van der Waals surface area contributed by atoms with Crippen molar-refractivity contribution in [3.63, 3.8) is 0 Å². The van der Waals surface area contributed by atoms with Crippen LogP contribution in [-0.4, -0.2) is 21.9 Å². The lowest BCUT2D eigenvalue weighted by Crippen LogP contribution is -2.24. The molecule has 1 amide bonds. The van der Waals surface area contributed by atoms with Gasteiger partial charge in [-0.1, -0.05) is 35.1 Å². The van der Waals surface area contributed by atoms with E-state index in [9.17, 15) is 4.79 Å². The first-order valence-corrected chi connectivity index (χ1v) is 8.03. The van der Waals surface area contributed by atoms with E-state index in [1.54, 1.807) is 6.20 Å². The second kappa shape index (κ2) is 7.43. The minimum atomic E-state index is 0.000210. The van der Waals surface area contributed by atoms with Crippen molar-refractivity contribution in [2.24, 2.45) is 0 Å². The van der Waals surface area contributed by atoms with Gasteiger partial charge in [0.05, 0.1) is 5.52 Å². The molecule has 0 radical (unpaired) electrons. The van der Waals surface area contributed by atoms with E-state index in [0.29, 0.717) is 5.56 Å². The zero-order valence-electron chi connectivity index (χ0n) is 10.7. The molecule has 0 saturated carbocycles. The lowest BCUT2D eigenvalue weighted by molar-refractivity contribution is 0.0953. The molecule has 3 nitrogen and oxygen atoms in total. The second-order valence-corrected chi connectivity index (χ2v) is 5.50. The molecule has 100 valence electrons. The highest BCUT2D eigenvalue weighted by Crippen LogP contribution is 2.13. The van der Waals surface area contributed by atoms with E-state index >= 15 is 0 Å². The minimum absolute atomic E-state index is 0.000210. The maximum absolute atomic E-state index is 12.0. The number of halogens is 1. The Morgan fingerprint density at radius 3 is 2.95 bits per heavy atom. The molecule has 0 atom stereocenters. The van der Waals surface area contributed by atoms with Gasteiger partial charge in [-0.15, -0.1) is 0 Å². The first-order chi connectivity index (χ1) is 9.31. The quantitative estimate of drug-likeness (QED) is 0.481. The zero-order valence-corrected chi connectivity index (χ0v) is 12.9. The Labute approximate surface area is 126 Å². The average molecular weight is 368 g/mol. The van der Waals surface area contributed by atoms with Crippen LogP contribution in [-0.2, 0) is 0 Å². The van der Waals surface area contributed by atoms with Crippen molar-refractivity contribution in [3.8, 4) is 0 Å². The summed E-state index contributed by atoms with van der Waals surface area (Å²) < 4.78 is 1.18. The summed E-state index contributed by atoms with van der Waals surface area (Å²) in [4.78, 5) is 16.2. The maximum Gasteiger partial charge on any atom is 0.251 e. The van der Waals surface area contributed by atoms with Crippen molar-refractivity contribution in [2.75, 3.05) is 11.0 Å². The molecule has 0 unspecified atom stereocenters. The van der Waals surface area contributed by atoms with E-state index in [0.717, 1.165) is 23.9 Å². The number of rotatable bonds is 6. The molecule has 2 rings (SSSR count). The molecule has 1 aromatic carbocycles. The normalized spacial score (nSPS) is 10.6. The van der Waals surface area contributed by atoms with Crippen molar-refractivity contribution in [1.29, 1.82) is 0 Å². The topological polar surface area (TPSA) is 42.0 Å². The molecule has 0 fully saturated rings. The molecule has 1 aromatic heterocycles. The lowest BCUT2D eigenvalue weighted by atomic mass is 10.1. The first-order valence-electron chi connectivity index (χ1n) is 6.50. The molecule has 0 spiro atoms. The van der Waals surface area contributed by atoms with Gasteiger partial charge in [0, 0.05) is 23.7 Å². The third kappa shape index (κ3) is 4.16. The van der Waals surface area contributed by atoms with Gasteiger partial charge in [-0.3, -0.25) is 9.78 Å². The Kier molecular flexibility index (Phi) is 5.57. The van der Waals surface area contributed by atoms with Crippen LogP contribution in [0, 0.1) is 0 Å². The number of amides is 1. The number of carbonyl (C=O) groups is 1. The Balaban J connectivity index is 1.93. The third-order valence-electron chi connectivity index (χ3n) is 2.96. The fourth-order valence-corrected chi connectivity index (χ4v) is 2.46. The molecule has 1 N–H and O–H groups in total. The SMILES string of the molecule is O=C(NCCCCCI)c1ccc2ncccc2c1.